The van der Waals surface area contributed by atoms with E-state index in [-0.39, 0.29) is 6.04 Å². The van der Waals surface area contributed by atoms with Crippen molar-refractivity contribution < 1.29 is 0 Å². The molecule has 5 heteroatoms. The number of hydrogen-bond acceptors (Lipinski definition) is 3. The van der Waals surface area contributed by atoms with Crippen molar-refractivity contribution in [2.45, 2.75) is 19.4 Å². The third-order valence-electron chi connectivity index (χ3n) is 2.66. The third-order valence-corrected chi connectivity index (χ3v) is 3.04. The molecule has 0 saturated heterocycles. The van der Waals surface area contributed by atoms with Crippen molar-refractivity contribution in [3.8, 4) is 0 Å². The van der Waals surface area contributed by atoms with E-state index in [4.69, 9.17) is 11.6 Å². The number of nitrogens with zero attached hydrogens (tertiary/aromatic N) is 3. The standard InChI is InChI=1S/C11H15ClN4/c1-3-8(6-12)15-11-10-9(4-5-13-11)16(2)7-14-10/h4-5,7-8H,3,6H2,1-2H3,(H,13,15). The Morgan fingerprint density at radius 3 is 3.00 bits per heavy atom. The molecule has 1 atom stereocenters. The van der Waals surface area contributed by atoms with Gasteiger partial charge in [0.15, 0.2) is 5.82 Å². The van der Waals surface area contributed by atoms with Crippen LogP contribution in [0.1, 0.15) is 13.3 Å². The van der Waals surface area contributed by atoms with Crippen LogP contribution >= 0.6 is 11.6 Å². The molecule has 2 aromatic rings. The van der Waals surface area contributed by atoms with Gasteiger partial charge >= 0.3 is 0 Å². The second kappa shape index (κ2) is 4.70. The molecule has 2 rings (SSSR count). The Kier molecular flexibility index (Phi) is 3.29. The number of nitrogens with one attached hydrogen (secondary N) is 1. The first-order valence-corrected chi connectivity index (χ1v) is 5.88. The van der Waals surface area contributed by atoms with Crippen LogP contribution in [0.4, 0.5) is 5.82 Å². The van der Waals surface area contributed by atoms with Gasteiger partial charge in [-0.05, 0) is 12.5 Å². The van der Waals surface area contributed by atoms with Crippen LogP contribution in [0.25, 0.3) is 11.0 Å². The van der Waals surface area contributed by atoms with Crippen molar-refractivity contribution in [1.29, 1.82) is 0 Å². The Morgan fingerprint density at radius 2 is 2.31 bits per heavy atom. The van der Waals surface area contributed by atoms with Gasteiger partial charge in [0.2, 0.25) is 0 Å². The van der Waals surface area contributed by atoms with Crippen molar-refractivity contribution in [1.82, 2.24) is 14.5 Å². The van der Waals surface area contributed by atoms with Gasteiger partial charge in [-0.25, -0.2) is 9.97 Å². The first-order chi connectivity index (χ1) is 7.76. The molecule has 0 amide bonds. The summed E-state index contributed by atoms with van der Waals surface area (Å²) in [5.74, 6) is 1.38. The van der Waals surface area contributed by atoms with E-state index in [1.54, 1.807) is 12.5 Å². The summed E-state index contributed by atoms with van der Waals surface area (Å²) >= 11 is 5.86. The maximum atomic E-state index is 5.86. The lowest BCUT2D eigenvalue weighted by Gasteiger charge is -2.14. The molecule has 0 aliphatic heterocycles. The van der Waals surface area contributed by atoms with E-state index < -0.39 is 0 Å². The lowest BCUT2D eigenvalue weighted by atomic mass is 10.2. The normalized spacial score (nSPS) is 12.9. The van der Waals surface area contributed by atoms with Gasteiger partial charge in [-0.15, -0.1) is 11.6 Å². The number of pyridine rings is 1. The van der Waals surface area contributed by atoms with E-state index in [0.29, 0.717) is 5.88 Å². The van der Waals surface area contributed by atoms with Crippen LogP contribution in [0.15, 0.2) is 18.6 Å². The highest BCUT2D eigenvalue weighted by molar-refractivity contribution is 6.18. The minimum Gasteiger partial charge on any atom is -0.364 e. The van der Waals surface area contributed by atoms with Crippen LogP contribution in [0.5, 0.6) is 0 Å². The molecule has 2 heterocycles. The van der Waals surface area contributed by atoms with Gasteiger partial charge in [0.1, 0.15) is 5.52 Å². The molecule has 0 aromatic carbocycles. The first kappa shape index (κ1) is 11.2. The van der Waals surface area contributed by atoms with Crippen molar-refractivity contribution in [2.75, 3.05) is 11.2 Å². The lowest BCUT2D eigenvalue weighted by Crippen LogP contribution is -2.20. The molecule has 0 radical (unpaired) electrons. The average molecular weight is 239 g/mol. The zero-order chi connectivity index (χ0) is 11.5. The summed E-state index contributed by atoms with van der Waals surface area (Å²) in [6.45, 7) is 2.10. The maximum Gasteiger partial charge on any atom is 0.154 e. The monoisotopic (exact) mass is 238 g/mol. The molecule has 0 spiro atoms. The fourth-order valence-corrected chi connectivity index (χ4v) is 1.91. The number of aromatic nitrogens is 3. The molecule has 0 aliphatic rings. The van der Waals surface area contributed by atoms with Crippen molar-refractivity contribution in [3.05, 3.63) is 18.6 Å². The SMILES string of the molecule is CCC(CCl)Nc1nccc2c1ncn2C. The van der Waals surface area contributed by atoms with Crippen LogP contribution in [-0.2, 0) is 7.05 Å². The topological polar surface area (TPSA) is 42.7 Å². The van der Waals surface area contributed by atoms with Crippen LogP contribution in [0.2, 0.25) is 0 Å². The van der Waals surface area contributed by atoms with Gasteiger partial charge < -0.3 is 9.88 Å². The summed E-state index contributed by atoms with van der Waals surface area (Å²) in [5.41, 5.74) is 1.97. The van der Waals surface area contributed by atoms with Gasteiger partial charge in [0, 0.05) is 25.2 Å². The summed E-state index contributed by atoms with van der Waals surface area (Å²) in [6, 6.07) is 2.19. The quantitative estimate of drug-likeness (QED) is 0.832. The summed E-state index contributed by atoms with van der Waals surface area (Å²) < 4.78 is 1.98. The van der Waals surface area contributed by atoms with Crippen LogP contribution in [0.3, 0.4) is 0 Å². The van der Waals surface area contributed by atoms with E-state index in [2.05, 4.69) is 22.2 Å². The minimum absolute atomic E-state index is 0.238. The van der Waals surface area contributed by atoms with Gasteiger partial charge in [-0.3, -0.25) is 0 Å². The maximum absolute atomic E-state index is 5.86. The second-order valence-electron chi connectivity index (χ2n) is 3.79. The summed E-state index contributed by atoms with van der Waals surface area (Å²) in [6.07, 6.45) is 4.54. The number of rotatable bonds is 4. The molecule has 0 bridgehead atoms. The molecule has 1 unspecified atom stereocenters. The third kappa shape index (κ3) is 1.97. The summed E-state index contributed by atoms with van der Waals surface area (Å²) in [7, 11) is 1.97. The van der Waals surface area contributed by atoms with Crippen LogP contribution < -0.4 is 5.32 Å². The van der Waals surface area contributed by atoms with E-state index in [0.717, 1.165) is 23.3 Å². The Bertz CT molecular complexity index is 476. The van der Waals surface area contributed by atoms with E-state index in [1.165, 1.54) is 0 Å². The van der Waals surface area contributed by atoms with Crippen LogP contribution in [-0.4, -0.2) is 26.5 Å². The number of aryl methyl sites for hydroxylation is 1. The number of imidazole rings is 1. The Morgan fingerprint density at radius 1 is 1.50 bits per heavy atom. The van der Waals surface area contributed by atoms with E-state index in [9.17, 15) is 0 Å². The first-order valence-electron chi connectivity index (χ1n) is 5.34. The Hall–Kier alpha value is -1.29. The van der Waals surface area contributed by atoms with Crippen molar-refractivity contribution in [2.24, 2.45) is 7.05 Å². The number of anilines is 1. The highest BCUT2D eigenvalue weighted by Crippen LogP contribution is 2.19. The van der Waals surface area contributed by atoms with Crippen LogP contribution in [0, 0.1) is 0 Å². The number of fused-ring (bicyclic) bond motifs is 1. The molecule has 0 aliphatic carbocycles. The molecule has 2 aromatic heterocycles. The van der Waals surface area contributed by atoms with Gasteiger partial charge in [-0.1, -0.05) is 6.92 Å². The zero-order valence-electron chi connectivity index (χ0n) is 9.44. The molecule has 86 valence electrons. The largest absolute Gasteiger partial charge is 0.364 e. The fraction of sp³-hybridized carbons (Fsp3) is 0.455. The molecule has 1 N–H and O–H groups in total. The average Bonchev–Trinajstić information content (AvgIpc) is 2.69. The Labute approximate surface area is 99.6 Å². The molecular weight excluding hydrogens is 224 g/mol. The summed E-state index contributed by atoms with van der Waals surface area (Å²) in [5, 5.41) is 3.32. The number of alkyl halides is 1. The lowest BCUT2D eigenvalue weighted by molar-refractivity contribution is 0.767. The molecule has 0 fully saturated rings. The minimum atomic E-state index is 0.238. The molecular formula is C11H15ClN4. The smallest absolute Gasteiger partial charge is 0.154 e. The zero-order valence-corrected chi connectivity index (χ0v) is 10.2. The highest BCUT2D eigenvalue weighted by atomic mass is 35.5. The molecule has 0 saturated carbocycles. The number of halogens is 1. The predicted octanol–water partition coefficient (Wildman–Crippen LogP) is 2.40. The van der Waals surface area contributed by atoms with Gasteiger partial charge in [-0.2, -0.15) is 0 Å². The number of hydrogen-bond donors (Lipinski definition) is 1. The predicted molar refractivity (Wildman–Crippen MR) is 66.9 cm³/mol. The van der Waals surface area contributed by atoms with E-state index >= 15 is 0 Å². The highest BCUT2D eigenvalue weighted by Gasteiger charge is 2.10. The summed E-state index contributed by atoms with van der Waals surface area (Å²) in [4.78, 5) is 8.65. The Balaban J connectivity index is 2.37. The molecule has 16 heavy (non-hydrogen) atoms. The van der Waals surface area contributed by atoms with E-state index in [1.807, 2.05) is 17.7 Å². The molecule has 4 nitrogen and oxygen atoms in total. The van der Waals surface area contributed by atoms with Crippen molar-refractivity contribution >= 4 is 28.5 Å². The van der Waals surface area contributed by atoms with Gasteiger partial charge in [0.05, 0.1) is 11.8 Å². The van der Waals surface area contributed by atoms with Gasteiger partial charge in [0.25, 0.3) is 0 Å². The second-order valence-corrected chi connectivity index (χ2v) is 4.10. The van der Waals surface area contributed by atoms with Crippen molar-refractivity contribution in [3.63, 3.8) is 0 Å². The fourth-order valence-electron chi connectivity index (χ4n) is 1.61.